The monoisotopic (exact) mass is 406 g/mol. The number of amides is 1. The minimum atomic E-state index is -1.04. The third-order valence-corrected chi connectivity index (χ3v) is 4.35. The van der Waals surface area contributed by atoms with Crippen LogP contribution in [-0.2, 0) is 4.79 Å². The van der Waals surface area contributed by atoms with Gasteiger partial charge in [0.05, 0.1) is 5.56 Å². The number of anilines is 1. The van der Waals surface area contributed by atoms with Crippen LogP contribution in [0.15, 0.2) is 64.6 Å². The Labute approximate surface area is 171 Å². The summed E-state index contributed by atoms with van der Waals surface area (Å²) in [6.45, 7) is 1.83. The standard InChI is InChI=1S/C22H15ClN2O4/c1-13-5-6-14(22(27)28)10-19(13)20-8-7-18(29-20)9-15(12-24)21(26)25-17-4-2-3-16(23)11-17/h2-11H,1H3,(H,25,26)(H,27,28)/b15-9-. The van der Waals surface area contributed by atoms with Gasteiger partial charge in [0.15, 0.2) is 0 Å². The number of nitriles is 1. The Morgan fingerprint density at radius 1 is 1.17 bits per heavy atom. The number of benzene rings is 2. The van der Waals surface area contributed by atoms with Crippen molar-refractivity contribution in [3.63, 3.8) is 0 Å². The van der Waals surface area contributed by atoms with Crippen molar-refractivity contribution in [1.82, 2.24) is 0 Å². The predicted octanol–water partition coefficient (Wildman–Crippen LogP) is 5.15. The van der Waals surface area contributed by atoms with Crippen LogP contribution >= 0.6 is 11.6 Å². The summed E-state index contributed by atoms with van der Waals surface area (Å²) in [5, 5.41) is 21.6. The van der Waals surface area contributed by atoms with Crippen LogP contribution < -0.4 is 5.32 Å². The molecule has 0 saturated heterocycles. The average molecular weight is 407 g/mol. The van der Waals surface area contributed by atoms with Gasteiger partial charge in [-0.2, -0.15) is 5.26 Å². The number of furan rings is 1. The molecule has 144 valence electrons. The molecule has 0 fully saturated rings. The first-order valence-corrected chi connectivity index (χ1v) is 8.88. The second kappa shape index (κ2) is 8.46. The molecular formula is C22H15ClN2O4. The summed E-state index contributed by atoms with van der Waals surface area (Å²) in [5.74, 6) is -0.915. The van der Waals surface area contributed by atoms with Crippen LogP contribution in [0.3, 0.4) is 0 Å². The number of hydrogen-bond acceptors (Lipinski definition) is 4. The quantitative estimate of drug-likeness (QED) is 0.450. The first-order valence-electron chi connectivity index (χ1n) is 8.50. The maximum Gasteiger partial charge on any atom is 0.335 e. The maximum absolute atomic E-state index is 12.4. The number of rotatable bonds is 5. The molecule has 0 aliphatic heterocycles. The van der Waals surface area contributed by atoms with Crippen molar-refractivity contribution in [2.45, 2.75) is 6.92 Å². The molecule has 0 saturated carbocycles. The van der Waals surface area contributed by atoms with E-state index in [0.29, 0.717) is 22.0 Å². The van der Waals surface area contributed by atoms with E-state index in [4.69, 9.17) is 16.0 Å². The van der Waals surface area contributed by atoms with Gasteiger partial charge in [0.2, 0.25) is 0 Å². The van der Waals surface area contributed by atoms with E-state index >= 15 is 0 Å². The SMILES string of the molecule is Cc1ccc(C(=O)O)cc1-c1ccc(/C=C(/C#N)C(=O)Nc2cccc(Cl)c2)o1. The third kappa shape index (κ3) is 4.72. The van der Waals surface area contributed by atoms with Crippen molar-refractivity contribution >= 4 is 35.2 Å². The van der Waals surface area contributed by atoms with Crippen LogP contribution in [0.25, 0.3) is 17.4 Å². The van der Waals surface area contributed by atoms with Gasteiger partial charge in [0.1, 0.15) is 23.2 Å². The zero-order valence-electron chi connectivity index (χ0n) is 15.3. The Bertz CT molecular complexity index is 1170. The molecule has 0 bridgehead atoms. The van der Waals surface area contributed by atoms with E-state index in [0.717, 1.165) is 5.56 Å². The molecule has 1 heterocycles. The van der Waals surface area contributed by atoms with E-state index in [1.807, 2.05) is 13.0 Å². The molecule has 1 amide bonds. The molecule has 0 spiro atoms. The van der Waals surface area contributed by atoms with E-state index in [1.165, 1.54) is 18.2 Å². The summed E-state index contributed by atoms with van der Waals surface area (Å²) >= 11 is 5.89. The van der Waals surface area contributed by atoms with Gasteiger partial charge in [-0.1, -0.05) is 23.7 Å². The molecule has 29 heavy (non-hydrogen) atoms. The Morgan fingerprint density at radius 2 is 1.97 bits per heavy atom. The normalized spacial score (nSPS) is 11.0. The van der Waals surface area contributed by atoms with Crippen LogP contribution in [0.5, 0.6) is 0 Å². The minimum absolute atomic E-state index is 0.137. The largest absolute Gasteiger partial charge is 0.478 e. The molecule has 0 radical (unpaired) electrons. The lowest BCUT2D eigenvalue weighted by Crippen LogP contribution is -2.13. The second-order valence-corrected chi connectivity index (χ2v) is 6.61. The zero-order valence-corrected chi connectivity index (χ0v) is 16.0. The van der Waals surface area contributed by atoms with Gasteiger partial charge in [-0.25, -0.2) is 4.79 Å². The number of aromatic carboxylic acids is 1. The van der Waals surface area contributed by atoms with Gasteiger partial charge in [-0.3, -0.25) is 4.79 Å². The van der Waals surface area contributed by atoms with Gasteiger partial charge < -0.3 is 14.8 Å². The molecule has 6 nitrogen and oxygen atoms in total. The van der Waals surface area contributed by atoms with E-state index in [1.54, 1.807) is 42.5 Å². The number of halogens is 1. The van der Waals surface area contributed by atoms with Crippen molar-refractivity contribution in [1.29, 1.82) is 5.26 Å². The summed E-state index contributed by atoms with van der Waals surface area (Å²) in [5.41, 5.74) is 1.90. The van der Waals surface area contributed by atoms with Crippen molar-refractivity contribution in [2.24, 2.45) is 0 Å². The molecule has 0 aliphatic carbocycles. The fourth-order valence-electron chi connectivity index (χ4n) is 2.65. The molecule has 2 N–H and O–H groups in total. The van der Waals surface area contributed by atoms with Crippen molar-refractivity contribution in [2.75, 3.05) is 5.32 Å². The summed E-state index contributed by atoms with van der Waals surface area (Å²) in [4.78, 5) is 23.6. The number of aryl methyl sites for hydroxylation is 1. The number of nitrogens with zero attached hydrogens (tertiary/aromatic N) is 1. The minimum Gasteiger partial charge on any atom is -0.478 e. The second-order valence-electron chi connectivity index (χ2n) is 6.17. The lowest BCUT2D eigenvalue weighted by Gasteiger charge is -2.05. The van der Waals surface area contributed by atoms with E-state index in [9.17, 15) is 20.0 Å². The van der Waals surface area contributed by atoms with Gasteiger partial charge in [0.25, 0.3) is 5.91 Å². The number of carbonyl (C=O) groups is 2. The smallest absolute Gasteiger partial charge is 0.335 e. The van der Waals surface area contributed by atoms with Crippen LogP contribution in [0.4, 0.5) is 5.69 Å². The predicted molar refractivity (Wildman–Crippen MR) is 110 cm³/mol. The highest BCUT2D eigenvalue weighted by Gasteiger charge is 2.14. The summed E-state index contributed by atoms with van der Waals surface area (Å²) in [6, 6.07) is 16.4. The summed E-state index contributed by atoms with van der Waals surface area (Å²) < 4.78 is 5.72. The van der Waals surface area contributed by atoms with Crippen molar-refractivity contribution < 1.29 is 19.1 Å². The number of carboxylic acids is 1. The van der Waals surface area contributed by atoms with Crippen LogP contribution in [0.1, 0.15) is 21.7 Å². The van der Waals surface area contributed by atoms with Crippen LogP contribution in [-0.4, -0.2) is 17.0 Å². The molecule has 2 aromatic carbocycles. The first-order chi connectivity index (χ1) is 13.9. The molecule has 0 atom stereocenters. The van der Waals surface area contributed by atoms with Gasteiger partial charge >= 0.3 is 5.97 Å². The molecule has 0 unspecified atom stereocenters. The average Bonchev–Trinajstić information content (AvgIpc) is 3.14. The van der Waals surface area contributed by atoms with Crippen molar-refractivity contribution in [3.8, 4) is 17.4 Å². The Kier molecular flexibility index (Phi) is 5.82. The fourth-order valence-corrected chi connectivity index (χ4v) is 2.84. The van der Waals surface area contributed by atoms with Crippen molar-refractivity contribution in [3.05, 3.63) is 82.1 Å². The lowest BCUT2D eigenvalue weighted by molar-refractivity contribution is -0.112. The number of hydrogen-bond donors (Lipinski definition) is 2. The van der Waals surface area contributed by atoms with E-state index < -0.39 is 11.9 Å². The Balaban J connectivity index is 1.86. The van der Waals surface area contributed by atoms with Gasteiger partial charge in [-0.15, -0.1) is 0 Å². The molecule has 7 heteroatoms. The van der Waals surface area contributed by atoms with E-state index in [2.05, 4.69) is 5.32 Å². The third-order valence-electron chi connectivity index (χ3n) is 4.11. The first kappa shape index (κ1) is 19.9. The molecular weight excluding hydrogens is 392 g/mol. The summed E-state index contributed by atoms with van der Waals surface area (Å²) in [7, 11) is 0. The van der Waals surface area contributed by atoms with Crippen LogP contribution in [0, 0.1) is 18.3 Å². The maximum atomic E-state index is 12.4. The Morgan fingerprint density at radius 3 is 2.66 bits per heavy atom. The molecule has 3 aromatic rings. The molecule has 1 aromatic heterocycles. The summed E-state index contributed by atoms with van der Waals surface area (Å²) in [6.07, 6.45) is 1.32. The highest BCUT2D eigenvalue weighted by atomic mass is 35.5. The highest BCUT2D eigenvalue weighted by molar-refractivity contribution is 6.31. The lowest BCUT2D eigenvalue weighted by atomic mass is 10.0. The molecule has 0 aliphatic rings. The van der Waals surface area contributed by atoms with Gasteiger partial charge in [-0.05, 0) is 55.0 Å². The fraction of sp³-hybridized carbons (Fsp3) is 0.0455. The molecule has 3 rings (SSSR count). The van der Waals surface area contributed by atoms with Gasteiger partial charge in [0, 0.05) is 22.3 Å². The topological polar surface area (TPSA) is 103 Å². The zero-order chi connectivity index (χ0) is 21.0. The van der Waals surface area contributed by atoms with Crippen LogP contribution in [0.2, 0.25) is 5.02 Å². The highest BCUT2D eigenvalue weighted by Crippen LogP contribution is 2.28. The number of carboxylic acid groups (broad SMARTS) is 1. The van der Waals surface area contributed by atoms with E-state index in [-0.39, 0.29) is 16.9 Å². The Hall–Kier alpha value is -3.82. The number of nitrogens with one attached hydrogen (secondary N) is 1. The number of carbonyl (C=O) groups excluding carboxylic acids is 1.